The lowest BCUT2D eigenvalue weighted by atomic mass is 9.84. The molecule has 1 fully saturated rings. The number of hydrogen-bond donors (Lipinski definition) is 2. The molecule has 3 N–H and O–H groups in total. The van der Waals surface area contributed by atoms with E-state index in [0.717, 1.165) is 45.4 Å². The molecule has 1 amide bonds. The molecule has 2 atom stereocenters. The zero-order valence-corrected chi connectivity index (χ0v) is 12.7. The van der Waals surface area contributed by atoms with Crippen molar-refractivity contribution in [2.45, 2.75) is 58.4 Å². The highest BCUT2D eigenvalue weighted by Gasteiger charge is 2.21. The number of carbonyl (C=O) groups excluding carboxylic acids is 1. The summed E-state index contributed by atoms with van der Waals surface area (Å²) in [7, 11) is 0. The van der Waals surface area contributed by atoms with Crippen molar-refractivity contribution in [1.29, 1.82) is 0 Å². The van der Waals surface area contributed by atoms with Crippen LogP contribution in [0.4, 0.5) is 0 Å². The van der Waals surface area contributed by atoms with Crippen molar-refractivity contribution < 1.29 is 4.79 Å². The third-order valence-electron chi connectivity index (χ3n) is 4.03. The molecule has 0 saturated heterocycles. The van der Waals surface area contributed by atoms with E-state index in [1.54, 1.807) is 0 Å². The van der Waals surface area contributed by atoms with Gasteiger partial charge in [0.25, 0.3) is 0 Å². The predicted octanol–water partition coefficient (Wildman–Crippen LogP) is 1.74. The molecule has 4 heteroatoms. The third-order valence-corrected chi connectivity index (χ3v) is 4.03. The SMILES string of the molecule is CCCN(CC)CCNC(=O)CC1CCCC(N)C1. The first kappa shape index (κ1) is 16.4. The molecule has 1 aliphatic carbocycles. The van der Waals surface area contributed by atoms with Crippen LogP contribution in [0.1, 0.15) is 52.4 Å². The Balaban J connectivity index is 2.13. The Hall–Kier alpha value is -0.610. The van der Waals surface area contributed by atoms with Gasteiger partial charge in [-0.1, -0.05) is 20.3 Å². The van der Waals surface area contributed by atoms with E-state index in [4.69, 9.17) is 5.73 Å². The molecule has 0 spiro atoms. The second-order valence-electron chi connectivity index (χ2n) is 5.78. The van der Waals surface area contributed by atoms with Gasteiger partial charge in [0.2, 0.25) is 5.91 Å². The molecule has 112 valence electrons. The van der Waals surface area contributed by atoms with E-state index in [1.165, 1.54) is 12.8 Å². The smallest absolute Gasteiger partial charge is 0.220 e. The number of likely N-dealkylation sites (N-methyl/N-ethyl adjacent to an activating group) is 1. The summed E-state index contributed by atoms with van der Waals surface area (Å²) in [4.78, 5) is 14.2. The molecule has 2 unspecified atom stereocenters. The lowest BCUT2D eigenvalue weighted by Gasteiger charge is -2.26. The molecule has 0 aromatic heterocycles. The maximum Gasteiger partial charge on any atom is 0.220 e. The van der Waals surface area contributed by atoms with Crippen molar-refractivity contribution in [3.05, 3.63) is 0 Å². The molecular weight excluding hydrogens is 238 g/mol. The van der Waals surface area contributed by atoms with Crippen LogP contribution in [0.25, 0.3) is 0 Å². The van der Waals surface area contributed by atoms with Gasteiger partial charge >= 0.3 is 0 Å². The zero-order valence-electron chi connectivity index (χ0n) is 12.7. The van der Waals surface area contributed by atoms with Crippen LogP contribution in [0.2, 0.25) is 0 Å². The molecule has 0 heterocycles. The van der Waals surface area contributed by atoms with Gasteiger partial charge in [-0.2, -0.15) is 0 Å². The fraction of sp³-hybridized carbons (Fsp3) is 0.933. The molecular formula is C15H31N3O. The van der Waals surface area contributed by atoms with Gasteiger partial charge in [0, 0.05) is 25.6 Å². The average molecular weight is 269 g/mol. The van der Waals surface area contributed by atoms with Crippen molar-refractivity contribution in [1.82, 2.24) is 10.2 Å². The van der Waals surface area contributed by atoms with E-state index in [2.05, 4.69) is 24.1 Å². The number of nitrogens with one attached hydrogen (secondary N) is 1. The van der Waals surface area contributed by atoms with Crippen LogP contribution in [0.15, 0.2) is 0 Å². The number of carbonyl (C=O) groups is 1. The Labute approximate surface area is 118 Å². The fourth-order valence-corrected chi connectivity index (χ4v) is 2.95. The lowest BCUT2D eigenvalue weighted by molar-refractivity contribution is -0.122. The van der Waals surface area contributed by atoms with E-state index in [9.17, 15) is 4.79 Å². The number of amides is 1. The molecule has 0 radical (unpaired) electrons. The molecule has 0 bridgehead atoms. The van der Waals surface area contributed by atoms with E-state index >= 15 is 0 Å². The highest BCUT2D eigenvalue weighted by molar-refractivity contribution is 5.76. The lowest BCUT2D eigenvalue weighted by Crippen LogP contribution is -2.37. The number of nitrogens with zero attached hydrogens (tertiary/aromatic N) is 1. The average Bonchev–Trinajstić information content (AvgIpc) is 2.37. The van der Waals surface area contributed by atoms with Crippen LogP contribution >= 0.6 is 0 Å². The first-order valence-corrected chi connectivity index (χ1v) is 7.90. The van der Waals surface area contributed by atoms with Gasteiger partial charge in [0.1, 0.15) is 0 Å². The number of hydrogen-bond acceptors (Lipinski definition) is 3. The van der Waals surface area contributed by atoms with Crippen LogP contribution < -0.4 is 11.1 Å². The Morgan fingerprint density at radius 3 is 2.74 bits per heavy atom. The normalized spacial score (nSPS) is 23.6. The maximum absolute atomic E-state index is 11.9. The Bertz CT molecular complexity index is 258. The molecule has 0 aromatic carbocycles. The standard InChI is InChI=1S/C15H31N3O/c1-3-9-18(4-2)10-8-17-15(19)12-13-6-5-7-14(16)11-13/h13-14H,3-12,16H2,1-2H3,(H,17,19). The first-order valence-electron chi connectivity index (χ1n) is 7.90. The van der Waals surface area contributed by atoms with Gasteiger partial charge in [-0.15, -0.1) is 0 Å². The van der Waals surface area contributed by atoms with Gasteiger partial charge in [0.05, 0.1) is 0 Å². The molecule has 1 aliphatic rings. The fourth-order valence-electron chi connectivity index (χ4n) is 2.95. The topological polar surface area (TPSA) is 58.4 Å². The summed E-state index contributed by atoms with van der Waals surface area (Å²) in [6, 6.07) is 0.312. The van der Waals surface area contributed by atoms with Gasteiger partial charge in [-0.3, -0.25) is 4.79 Å². The molecule has 0 aliphatic heterocycles. The molecule has 0 aromatic rings. The van der Waals surface area contributed by atoms with Crippen LogP contribution in [0.3, 0.4) is 0 Å². The summed E-state index contributed by atoms with van der Waals surface area (Å²) in [5, 5.41) is 3.05. The predicted molar refractivity (Wildman–Crippen MR) is 80.0 cm³/mol. The molecule has 19 heavy (non-hydrogen) atoms. The van der Waals surface area contributed by atoms with Gasteiger partial charge < -0.3 is 16.0 Å². The van der Waals surface area contributed by atoms with Gasteiger partial charge in [-0.25, -0.2) is 0 Å². The maximum atomic E-state index is 11.9. The van der Waals surface area contributed by atoms with Crippen LogP contribution in [-0.4, -0.2) is 43.0 Å². The third kappa shape index (κ3) is 6.92. The molecule has 1 saturated carbocycles. The zero-order chi connectivity index (χ0) is 14.1. The summed E-state index contributed by atoms with van der Waals surface area (Å²) in [5.74, 6) is 0.702. The van der Waals surface area contributed by atoms with Crippen molar-refractivity contribution in [2.24, 2.45) is 11.7 Å². The van der Waals surface area contributed by atoms with Gasteiger partial charge in [-0.05, 0) is 44.7 Å². The summed E-state index contributed by atoms with van der Waals surface area (Å²) in [6.07, 6.45) is 6.32. The summed E-state index contributed by atoms with van der Waals surface area (Å²) >= 11 is 0. The highest BCUT2D eigenvalue weighted by atomic mass is 16.1. The van der Waals surface area contributed by atoms with Crippen molar-refractivity contribution >= 4 is 5.91 Å². The van der Waals surface area contributed by atoms with Gasteiger partial charge in [0.15, 0.2) is 0 Å². The summed E-state index contributed by atoms with van der Waals surface area (Å²) in [5.41, 5.74) is 5.95. The minimum absolute atomic E-state index is 0.201. The number of nitrogens with two attached hydrogens (primary N) is 1. The van der Waals surface area contributed by atoms with Crippen LogP contribution in [-0.2, 0) is 4.79 Å². The highest BCUT2D eigenvalue weighted by Crippen LogP contribution is 2.25. The van der Waals surface area contributed by atoms with E-state index in [1.807, 2.05) is 0 Å². The van der Waals surface area contributed by atoms with Crippen molar-refractivity contribution in [2.75, 3.05) is 26.2 Å². The Morgan fingerprint density at radius 2 is 2.11 bits per heavy atom. The van der Waals surface area contributed by atoms with E-state index in [-0.39, 0.29) is 5.91 Å². The largest absolute Gasteiger partial charge is 0.355 e. The summed E-state index contributed by atoms with van der Waals surface area (Å²) < 4.78 is 0. The van der Waals surface area contributed by atoms with Crippen molar-refractivity contribution in [3.63, 3.8) is 0 Å². The van der Waals surface area contributed by atoms with Crippen molar-refractivity contribution in [3.8, 4) is 0 Å². The van der Waals surface area contributed by atoms with E-state index < -0.39 is 0 Å². The summed E-state index contributed by atoms with van der Waals surface area (Å²) in [6.45, 7) is 8.26. The second-order valence-corrected chi connectivity index (χ2v) is 5.78. The quantitative estimate of drug-likeness (QED) is 0.706. The molecule has 4 nitrogen and oxygen atoms in total. The Kier molecular flexibility index (Phi) is 8.07. The minimum Gasteiger partial charge on any atom is -0.355 e. The number of rotatable bonds is 8. The minimum atomic E-state index is 0.201. The monoisotopic (exact) mass is 269 g/mol. The first-order chi connectivity index (χ1) is 9.15. The Morgan fingerprint density at radius 1 is 1.32 bits per heavy atom. The molecule has 1 rings (SSSR count). The second kappa shape index (κ2) is 9.32. The van der Waals surface area contributed by atoms with Crippen LogP contribution in [0, 0.1) is 5.92 Å². The van der Waals surface area contributed by atoms with E-state index in [0.29, 0.717) is 18.4 Å². The van der Waals surface area contributed by atoms with Crippen LogP contribution in [0.5, 0.6) is 0 Å².